The first-order valence-corrected chi connectivity index (χ1v) is 7.04. The molecule has 0 saturated heterocycles. The van der Waals surface area contributed by atoms with Gasteiger partial charge in [-0.05, 0) is 29.8 Å². The van der Waals surface area contributed by atoms with Crippen molar-refractivity contribution in [1.29, 1.82) is 5.26 Å². The van der Waals surface area contributed by atoms with Crippen molar-refractivity contribution in [2.75, 3.05) is 0 Å². The lowest BCUT2D eigenvalue weighted by Gasteiger charge is -2.05. The van der Waals surface area contributed by atoms with Gasteiger partial charge in [-0.3, -0.25) is 0 Å². The molecule has 0 amide bonds. The summed E-state index contributed by atoms with van der Waals surface area (Å²) >= 11 is 0. The summed E-state index contributed by atoms with van der Waals surface area (Å²) in [7, 11) is 0. The Labute approximate surface area is 140 Å². The zero-order chi connectivity index (χ0) is 18.1. The number of phenols is 1. The van der Waals surface area contributed by atoms with Crippen molar-refractivity contribution >= 4 is 5.97 Å². The molecule has 5 nitrogen and oxygen atoms in total. The van der Waals surface area contributed by atoms with E-state index >= 15 is 0 Å². The van der Waals surface area contributed by atoms with Gasteiger partial charge in [0.25, 0.3) is 0 Å². The molecule has 0 aliphatic rings. The van der Waals surface area contributed by atoms with E-state index in [1.165, 1.54) is 35.2 Å². The average Bonchev–Trinajstić information content (AvgIpc) is 2.97. The number of aromatic nitrogens is 1. The minimum atomic E-state index is -1.27. The van der Waals surface area contributed by atoms with Crippen molar-refractivity contribution in [3.63, 3.8) is 0 Å². The SMILES string of the molecule is N#Cc1cn(-c2ccc(C(=O)O)c(O)c2)cc1-c1cc(F)cc(F)c1. The predicted molar refractivity (Wildman–Crippen MR) is 84.5 cm³/mol. The van der Waals surface area contributed by atoms with Gasteiger partial charge in [0.05, 0.1) is 5.56 Å². The number of nitrogens with zero attached hydrogens (tertiary/aromatic N) is 2. The normalized spacial score (nSPS) is 10.4. The second kappa shape index (κ2) is 6.09. The predicted octanol–water partition coefficient (Wildman–Crippen LogP) is 3.70. The largest absolute Gasteiger partial charge is 0.507 e. The van der Waals surface area contributed by atoms with Crippen LogP contribution in [0.1, 0.15) is 15.9 Å². The third-order valence-electron chi connectivity index (χ3n) is 3.63. The fourth-order valence-corrected chi connectivity index (χ4v) is 2.49. The molecule has 0 bridgehead atoms. The van der Waals surface area contributed by atoms with Crippen LogP contribution in [0.15, 0.2) is 48.8 Å². The number of aromatic carboxylic acids is 1. The van der Waals surface area contributed by atoms with Gasteiger partial charge >= 0.3 is 5.97 Å². The first kappa shape index (κ1) is 16.2. The molecular weight excluding hydrogens is 330 g/mol. The number of carboxylic acid groups (broad SMARTS) is 1. The van der Waals surface area contributed by atoms with Crippen LogP contribution in [-0.4, -0.2) is 20.7 Å². The fourth-order valence-electron chi connectivity index (χ4n) is 2.49. The zero-order valence-corrected chi connectivity index (χ0v) is 12.6. The number of hydrogen-bond acceptors (Lipinski definition) is 3. The maximum Gasteiger partial charge on any atom is 0.339 e. The van der Waals surface area contributed by atoms with Crippen LogP contribution in [0.3, 0.4) is 0 Å². The number of rotatable bonds is 3. The van der Waals surface area contributed by atoms with E-state index in [1.54, 1.807) is 0 Å². The molecule has 0 unspecified atom stereocenters. The van der Waals surface area contributed by atoms with Gasteiger partial charge in [-0.1, -0.05) is 0 Å². The van der Waals surface area contributed by atoms with Gasteiger partial charge in [-0.25, -0.2) is 13.6 Å². The molecule has 25 heavy (non-hydrogen) atoms. The smallest absolute Gasteiger partial charge is 0.339 e. The van der Waals surface area contributed by atoms with Crippen LogP contribution in [0.5, 0.6) is 5.75 Å². The number of benzene rings is 2. The van der Waals surface area contributed by atoms with Crippen LogP contribution in [0.2, 0.25) is 0 Å². The Morgan fingerprint density at radius 1 is 1.08 bits per heavy atom. The van der Waals surface area contributed by atoms with Gasteiger partial charge < -0.3 is 14.8 Å². The summed E-state index contributed by atoms with van der Waals surface area (Å²) in [6.07, 6.45) is 2.90. The van der Waals surface area contributed by atoms with Gasteiger partial charge in [0.2, 0.25) is 0 Å². The molecule has 0 atom stereocenters. The minimum absolute atomic E-state index is 0.173. The average molecular weight is 340 g/mol. The molecule has 0 radical (unpaired) electrons. The van der Waals surface area contributed by atoms with Gasteiger partial charge in [0.1, 0.15) is 29.0 Å². The minimum Gasteiger partial charge on any atom is -0.507 e. The topological polar surface area (TPSA) is 86.2 Å². The van der Waals surface area contributed by atoms with E-state index in [4.69, 9.17) is 5.11 Å². The molecule has 3 rings (SSSR count). The molecular formula is C18H10F2N2O3. The Kier molecular flexibility index (Phi) is 3.95. The molecule has 124 valence electrons. The molecule has 1 aromatic heterocycles. The number of halogens is 2. The van der Waals surface area contributed by atoms with Crippen LogP contribution < -0.4 is 0 Å². The summed E-state index contributed by atoms with van der Waals surface area (Å²) < 4.78 is 28.3. The highest BCUT2D eigenvalue weighted by Crippen LogP contribution is 2.29. The Hall–Kier alpha value is -3.66. The number of aromatic hydroxyl groups is 1. The van der Waals surface area contributed by atoms with Crippen molar-refractivity contribution < 1.29 is 23.8 Å². The van der Waals surface area contributed by atoms with Crippen molar-refractivity contribution in [3.05, 3.63) is 71.6 Å². The fraction of sp³-hybridized carbons (Fsp3) is 0. The number of carbonyl (C=O) groups is 1. The lowest BCUT2D eigenvalue weighted by Crippen LogP contribution is -1.98. The number of carboxylic acids is 1. The lowest BCUT2D eigenvalue weighted by molar-refractivity contribution is 0.0693. The van der Waals surface area contributed by atoms with E-state index in [0.717, 1.165) is 18.2 Å². The second-order valence-electron chi connectivity index (χ2n) is 5.27. The molecule has 2 aromatic carbocycles. The Morgan fingerprint density at radius 3 is 2.32 bits per heavy atom. The third-order valence-corrected chi connectivity index (χ3v) is 3.63. The maximum atomic E-state index is 13.4. The van der Waals surface area contributed by atoms with Gasteiger partial charge in [0.15, 0.2) is 0 Å². The molecule has 7 heteroatoms. The standard InChI is InChI=1S/C18H10F2N2O3/c19-12-3-10(4-13(20)5-12)16-9-22(8-11(16)7-21)14-1-2-15(18(24)25)17(23)6-14/h1-6,8-9,23H,(H,24,25). The molecule has 1 heterocycles. The van der Waals surface area contributed by atoms with Crippen molar-refractivity contribution in [3.8, 4) is 28.6 Å². The first-order valence-electron chi connectivity index (χ1n) is 7.04. The van der Waals surface area contributed by atoms with E-state index in [0.29, 0.717) is 11.3 Å². The summed E-state index contributed by atoms with van der Waals surface area (Å²) in [6, 6.07) is 8.78. The lowest BCUT2D eigenvalue weighted by atomic mass is 10.1. The van der Waals surface area contributed by atoms with Crippen LogP contribution in [0.4, 0.5) is 8.78 Å². The molecule has 0 aliphatic heterocycles. The van der Waals surface area contributed by atoms with E-state index in [-0.39, 0.29) is 16.7 Å². The summed E-state index contributed by atoms with van der Waals surface area (Å²) in [5.74, 6) is -3.24. The molecule has 0 saturated carbocycles. The first-order chi connectivity index (χ1) is 11.9. The highest BCUT2D eigenvalue weighted by Gasteiger charge is 2.14. The molecule has 0 spiro atoms. The van der Waals surface area contributed by atoms with E-state index in [2.05, 4.69) is 0 Å². The Balaban J connectivity index is 2.11. The highest BCUT2D eigenvalue weighted by molar-refractivity contribution is 5.91. The number of nitriles is 1. The quantitative estimate of drug-likeness (QED) is 0.761. The molecule has 3 aromatic rings. The van der Waals surface area contributed by atoms with Gasteiger partial charge in [0, 0.05) is 35.8 Å². The van der Waals surface area contributed by atoms with Crippen molar-refractivity contribution in [1.82, 2.24) is 4.57 Å². The summed E-state index contributed by atoms with van der Waals surface area (Å²) in [4.78, 5) is 10.9. The summed E-state index contributed by atoms with van der Waals surface area (Å²) in [5.41, 5.74) is 0.805. The van der Waals surface area contributed by atoms with Crippen molar-refractivity contribution in [2.24, 2.45) is 0 Å². The van der Waals surface area contributed by atoms with Gasteiger partial charge in [-0.2, -0.15) is 5.26 Å². The highest BCUT2D eigenvalue weighted by atomic mass is 19.1. The maximum absolute atomic E-state index is 13.4. The third kappa shape index (κ3) is 3.05. The molecule has 0 fully saturated rings. The summed E-state index contributed by atoms with van der Waals surface area (Å²) in [6.45, 7) is 0. The van der Waals surface area contributed by atoms with Gasteiger partial charge in [-0.15, -0.1) is 0 Å². The number of hydrogen-bond donors (Lipinski definition) is 2. The van der Waals surface area contributed by atoms with Crippen LogP contribution in [0, 0.1) is 23.0 Å². The summed E-state index contributed by atoms with van der Waals surface area (Å²) in [5, 5.41) is 28.0. The Bertz CT molecular complexity index is 1020. The zero-order valence-electron chi connectivity index (χ0n) is 12.6. The Morgan fingerprint density at radius 2 is 1.76 bits per heavy atom. The van der Waals surface area contributed by atoms with E-state index < -0.39 is 23.4 Å². The monoisotopic (exact) mass is 340 g/mol. The van der Waals surface area contributed by atoms with Crippen LogP contribution in [0.25, 0.3) is 16.8 Å². The van der Waals surface area contributed by atoms with E-state index in [9.17, 15) is 23.9 Å². The molecule has 0 aliphatic carbocycles. The molecule has 2 N–H and O–H groups in total. The van der Waals surface area contributed by atoms with E-state index in [1.807, 2.05) is 6.07 Å². The second-order valence-corrected chi connectivity index (χ2v) is 5.27. The van der Waals surface area contributed by atoms with Crippen LogP contribution in [-0.2, 0) is 0 Å². The van der Waals surface area contributed by atoms with Crippen molar-refractivity contribution in [2.45, 2.75) is 0 Å². The van der Waals surface area contributed by atoms with Crippen LogP contribution >= 0.6 is 0 Å².